The van der Waals surface area contributed by atoms with Gasteiger partial charge in [-0.15, -0.1) is 0 Å². The second-order valence-corrected chi connectivity index (χ2v) is 7.80. The molecule has 2 N–H and O–H groups in total. The maximum absolute atomic E-state index is 13.1. The fourth-order valence-electron chi connectivity index (χ4n) is 2.76. The third kappa shape index (κ3) is 3.33. The minimum Gasteiger partial charge on any atom is -0.508 e. The summed E-state index contributed by atoms with van der Waals surface area (Å²) in [6.45, 7) is 0. The second kappa shape index (κ2) is 7.13. The molecule has 0 aliphatic carbocycles. The normalized spacial score (nSPS) is 16.1. The van der Waals surface area contributed by atoms with Gasteiger partial charge >= 0.3 is 5.91 Å². The number of thioether (sulfide) groups is 1. The number of carbonyl (C=O) groups is 2. The van der Waals surface area contributed by atoms with Crippen LogP contribution in [0.1, 0.15) is 31.9 Å². The van der Waals surface area contributed by atoms with E-state index < -0.39 is 11.3 Å². The van der Waals surface area contributed by atoms with E-state index in [0.717, 1.165) is 9.37 Å². The van der Waals surface area contributed by atoms with Crippen molar-refractivity contribution >= 4 is 39.5 Å². The van der Waals surface area contributed by atoms with E-state index in [-0.39, 0.29) is 17.4 Å². The lowest BCUT2D eigenvalue weighted by Crippen LogP contribution is -2.49. The summed E-state index contributed by atoms with van der Waals surface area (Å²) in [5.74, 6) is -0.801. The van der Waals surface area contributed by atoms with E-state index in [1.54, 1.807) is 30.3 Å². The average molecular weight is 445 g/mol. The number of benzene rings is 2. The standard InChI is InChI=1S/C19H13BrN2O4S/c20-11-7-8-14(23)13(10-11)19-22(21-17(24)15-5-3-9-26-15)18(25)12-4-1-2-6-16(12)27-19/h1-10,19,23H,(H,21,24). The summed E-state index contributed by atoms with van der Waals surface area (Å²) in [5.41, 5.74) is 3.59. The van der Waals surface area contributed by atoms with E-state index >= 15 is 0 Å². The summed E-state index contributed by atoms with van der Waals surface area (Å²) >= 11 is 4.75. The van der Waals surface area contributed by atoms with Crippen LogP contribution in [0, 0.1) is 0 Å². The fraction of sp³-hybridized carbons (Fsp3) is 0.0526. The number of fused-ring (bicyclic) bond motifs is 1. The summed E-state index contributed by atoms with van der Waals surface area (Å²) in [5, 5.41) is 10.9. The highest BCUT2D eigenvalue weighted by molar-refractivity contribution is 9.10. The minimum atomic E-state index is -0.649. The number of furan rings is 1. The molecule has 4 rings (SSSR count). The quantitative estimate of drug-likeness (QED) is 0.627. The van der Waals surface area contributed by atoms with Gasteiger partial charge in [0.1, 0.15) is 11.1 Å². The molecular weight excluding hydrogens is 432 g/mol. The Kier molecular flexibility index (Phi) is 4.67. The van der Waals surface area contributed by atoms with Crippen molar-refractivity contribution in [2.24, 2.45) is 0 Å². The third-order valence-corrected chi connectivity index (χ3v) is 5.82. The van der Waals surface area contributed by atoms with Gasteiger partial charge in [0.05, 0.1) is 11.8 Å². The zero-order valence-electron chi connectivity index (χ0n) is 13.8. The van der Waals surface area contributed by atoms with Gasteiger partial charge in [0.25, 0.3) is 5.91 Å². The summed E-state index contributed by atoms with van der Waals surface area (Å²) in [7, 11) is 0. The van der Waals surface area contributed by atoms with Crippen LogP contribution in [0.5, 0.6) is 5.75 Å². The summed E-state index contributed by atoms with van der Waals surface area (Å²) in [6.07, 6.45) is 1.38. The van der Waals surface area contributed by atoms with E-state index in [2.05, 4.69) is 21.4 Å². The predicted octanol–water partition coefficient (Wildman–Crippen LogP) is 4.34. The third-order valence-electron chi connectivity index (χ3n) is 4.03. The SMILES string of the molecule is O=C(NN1C(=O)c2ccccc2SC1c1cc(Br)ccc1O)c1ccco1. The molecule has 0 fully saturated rings. The topological polar surface area (TPSA) is 82.8 Å². The van der Waals surface area contributed by atoms with Gasteiger partial charge in [0, 0.05) is 14.9 Å². The molecule has 1 aliphatic rings. The molecular formula is C19H13BrN2O4S. The highest BCUT2D eigenvalue weighted by atomic mass is 79.9. The molecule has 3 aromatic rings. The smallest absolute Gasteiger partial charge is 0.305 e. The van der Waals surface area contributed by atoms with Gasteiger partial charge in [-0.3, -0.25) is 15.0 Å². The number of phenols is 1. The number of nitrogens with zero attached hydrogens (tertiary/aromatic N) is 1. The highest BCUT2D eigenvalue weighted by Crippen LogP contribution is 2.46. The first-order valence-electron chi connectivity index (χ1n) is 7.97. The van der Waals surface area contributed by atoms with E-state index in [1.807, 2.05) is 12.1 Å². The number of amides is 2. The van der Waals surface area contributed by atoms with Crippen molar-refractivity contribution in [1.82, 2.24) is 10.4 Å². The van der Waals surface area contributed by atoms with Crippen molar-refractivity contribution in [2.75, 3.05) is 0 Å². The van der Waals surface area contributed by atoms with Crippen molar-refractivity contribution < 1.29 is 19.1 Å². The monoisotopic (exact) mass is 444 g/mol. The van der Waals surface area contributed by atoms with Gasteiger partial charge in [0.2, 0.25) is 0 Å². The van der Waals surface area contributed by atoms with Gasteiger partial charge < -0.3 is 9.52 Å². The number of nitrogens with one attached hydrogen (secondary N) is 1. The second-order valence-electron chi connectivity index (χ2n) is 5.76. The number of hydrogen-bond acceptors (Lipinski definition) is 5. The molecule has 1 aromatic heterocycles. The summed E-state index contributed by atoms with van der Waals surface area (Å²) in [6, 6.07) is 15.2. The van der Waals surface area contributed by atoms with Gasteiger partial charge in [-0.2, -0.15) is 0 Å². The van der Waals surface area contributed by atoms with Crippen LogP contribution in [0.15, 0.2) is 74.6 Å². The molecule has 136 valence electrons. The molecule has 1 atom stereocenters. The Hall–Kier alpha value is -2.71. The Labute approximate surface area is 167 Å². The highest BCUT2D eigenvalue weighted by Gasteiger charge is 2.37. The summed E-state index contributed by atoms with van der Waals surface area (Å²) in [4.78, 5) is 26.3. The predicted molar refractivity (Wildman–Crippen MR) is 103 cm³/mol. The van der Waals surface area contributed by atoms with Crippen LogP contribution < -0.4 is 5.43 Å². The lowest BCUT2D eigenvalue weighted by atomic mass is 10.1. The van der Waals surface area contributed by atoms with Gasteiger partial charge in [-0.05, 0) is 42.5 Å². The zero-order chi connectivity index (χ0) is 19.0. The minimum absolute atomic E-state index is 0.0279. The number of halogens is 1. The van der Waals surface area contributed by atoms with Crippen LogP contribution in [0.2, 0.25) is 0 Å². The number of rotatable bonds is 3. The average Bonchev–Trinajstić information content (AvgIpc) is 3.21. The number of phenolic OH excluding ortho intramolecular Hbond substituents is 1. The maximum Gasteiger partial charge on any atom is 0.305 e. The van der Waals surface area contributed by atoms with Crippen molar-refractivity contribution in [3.05, 3.63) is 82.2 Å². The molecule has 2 heterocycles. The van der Waals surface area contributed by atoms with Crippen molar-refractivity contribution in [3.8, 4) is 5.75 Å². The Morgan fingerprint density at radius 2 is 2.00 bits per heavy atom. The van der Waals surface area contributed by atoms with Crippen LogP contribution in [0.25, 0.3) is 0 Å². The number of carbonyl (C=O) groups excluding carboxylic acids is 2. The molecule has 0 bridgehead atoms. The van der Waals surface area contributed by atoms with E-state index in [4.69, 9.17) is 4.42 Å². The van der Waals surface area contributed by atoms with E-state index in [9.17, 15) is 14.7 Å². The van der Waals surface area contributed by atoms with Crippen LogP contribution in [0.3, 0.4) is 0 Å². The van der Waals surface area contributed by atoms with E-state index in [0.29, 0.717) is 11.1 Å². The summed E-state index contributed by atoms with van der Waals surface area (Å²) < 4.78 is 5.86. The van der Waals surface area contributed by atoms with Crippen molar-refractivity contribution in [2.45, 2.75) is 10.3 Å². The van der Waals surface area contributed by atoms with Crippen LogP contribution in [-0.2, 0) is 0 Å². The molecule has 1 aliphatic heterocycles. The number of hydrazine groups is 1. The number of aromatic hydroxyl groups is 1. The Morgan fingerprint density at radius 3 is 2.78 bits per heavy atom. The molecule has 0 saturated heterocycles. The Balaban J connectivity index is 1.77. The lowest BCUT2D eigenvalue weighted by molar-refractivity contribution is 0.0535. The molecule has 2 aromatic carbocycles. The van der Waals surface area contributed by atoms with E-state index in [1.165, 1.54) is 35.2 Å². The Morgan fingerprint density at radius 1 is 1.19 bits per heavy atom. The molecule has 8 heteroatoms. The molecule has 0 radical (unpaired) electrons. The van der Waals surface area contributed by atoms with Gasteiger partial charge in [-0.1, -0.05) is 39.8 Å². The molecule has 2 amide bonds. The van der Waals surface area contributed by atoms with Crippen molar-refractivity contribution in [3.63, 3.8) is 0 Å². The molecule has 27 heavy (non-hydrogen) atoms. The largest absolute Gasteiger partial charge is 0.508 e. The van der Waals surface area contributed by atoms with Crippen LogP contribution in [0.4, 0.5) is 0 Å². The number of hydrogen-bond donors (Lipinski definition) is 2. The Bertz CT molecular complexity index is 1020. The fourth-order valence-corrected chi connectivity index (χ4v) is 4.39. The first-order valence-corrected chi connectivity index (χ1v) is 9.64. The van der Waals surface area contributed by atoms with Crippen molar-refractivity contribution in [1.29, 1.82) is 0 Å². The first kappa shape index (κ1) is 17.7. The molecule has 0 spiro atoms. The molecule has 1 unspecified atom stereocenters. The molecule has 0 saturated carbocycles. The van der Waals surface area contributed by atoms with Gasteiger partial charge in [-0.25, -0.2) is 5.01 Å². The first-order chi connectivity index (χ1) is 13.0. The van der Waals surface area contributed by atoms with Gasteiger partial charge in [0.15, 0.2) is 5.76 Å². The van der Waals surface area contributed by atoms with Crippen LogP contribution in [-0.4, -0.2) is 21.9 Å². The van der Waals surface area contributed by atoms with Crippen LogP contribution >= 0.6 is 27.7 Å². The zero-order valence-corrected chi connectivity index (χ0v) is 16.2. The molecule has 6 nitrogen and oxygen atoms in total. The maximum atomic E-state index is 13.1. The lowest BCUT2D eigenvalue weighted by Gasteiger charge is -2.36.